The molecule has 2 aliphatic rings. The lowest BCUT2D eigenvalue weighted by molar-refractivity contribution is -0.00461. The largest absolute Gasteiger partial charge is 0.377 e. The first-order chi connectivity index (χ1) is 9.76. The fourth-order valence-corrected chi connectivity index (χ4v) is 3.30. The van der Waals surface area contributed by atoms with Crippen molar-refractivity contribution in [2.24, 2.45) is 5.73 Å². The zero-order chi connectivity index (χ0) is 14.1. The van der Waals surface area contributed by atoms with Crippen LogP contribution in [0.25, 0.3) is 0 Å². The lowest BCUT2D eigenvalue weighted by Crippen LogP contribution is -2.27. The summed E-state index contributed by atoms with van der Waals surface area (Å²) in [4.78, 5) is 7.13. The summed E-state index contributed by atoms with van der Waals surface area (Å²) in [6, 6.07) is 2.24. The molecule has 0 radical (unpaired) electrons. The third-order valence-electron chi connectivity index (χ3n) is 4.45. The summed E-state index contributed by atoms with van der Waals surface area (Å²) in [6.45, 7) is 2.16. The van der Waals surface area contributed by atoms with Gasteiger partial charge < -0.3 is 20.1 Å². The number of hydrogen-bond acceptors (Lipinski definition) is 5. The number of anilines is 1. The van der Waals surface area contributed by atoms with Gasteiger partial charge in [0.15, 0.2) is 0 Å². The molecule has 0 amide bonds. The fourth-order valence-electron chi connectivity index (χ4n) is 3.30. The molecule has 1 aliphatic carbocycles. The van der Waals surface area contributed by atoms with Crippen LogP contribution in [0.4, 0.5) is 5.82 Å². The molecule has 0 saturated carbocycles. The topological polar surface area (TPSA) is 60.6 Å². The quantitative estimate of drug-likeness (QED) is 0.885. The zero-order valence-electron chi connectivity index (χ0n) is 12.3. The highest BCUT2D eigenvalue weighted by Gasteiger charge is 2.35. The Bertz CT molecular complexity index is 480. The number of hydrogen-bond donors (Lipinski definition) is 1. The van der Waals surface area contributed by atoms with E-state index in [1.54, 1.807) is 14.2 Å². The maximum atomic E-state index is 5.92. The van der Waals surface area contributed by atoms with Gasteiger partial charge in [0.05, 0.1) is 0 Å². The highest BCUT2D eigenvalue weighted by Crippen LogP contribution is 2.30. The van der Waals surface area contributed by atoms with E-state index in [0.717, 1.165) is 37.3 Å². The SMILES string of the molecule is COC1CN(c2nc3c(cc2CN)CCC3)CC1OC. The molecule has 20 heavy (non-hydrogen) atoms. The van der Waals surface area contributed by atoms with Gasteiger partial charge in [0.1, 0.15) is 18.0 Å². The maximum absolute atomic E-state index is 5.92. The Labute approximate surface area is 120 Å². The molecule has 0 spiro atoms. The molecule has 0 bridgehead atoms. The summed E-state index contributed by atoms with van der Waals surface area (Å²) in [5.41, 5.74) is 9.67. The molecular weight excluding hydrogens is 254 g/mol. The van der Waals surface area contributed by atoms with Gasteiger partial charge in [-0.25, -0.2) is 4.98 Å². The van der Waals surface area contributed by atoms with Gasteiger partial charge >= 0.3 is 0 Å². The summed E-state index contributed by atoms with van der Waals surface area (Å²) in [5, 5.41) is 0. The number of rotatable bonds is 4. The average molecular weight is 277 g/mol. The van der Waals surface area contributed by atoms with E-state index in [9.17, 15) is 0 Å². The van der Waals surface area contributed by atoms with Gasteiger partial charge in [-0.2, -0.15) is 0 Å². The van der Waals surface area contributed by atoms with Crippen molar-refractivity contribution >= 4 is 5.82 Å². The molecule has 2 N–H and O–H groups in total. The number of aryl methyl sites for hydroxylation is 2. The molecule has 1 aliphatic heterocycles. The Morgan fingerprint density at radius 3 is 2.55 bits per heavy atom. The monoisotopic (exact) mass is 277 g/mol. The van der Waals surface area contributed by atoms with Crippen molar-refractivity contribution in [3.05, 3.63) is 22.9 Å². The molecule has 2 unspecified atom stereocenters. The number of fused-ring (bicyclic) bond motifs is 1. The second kappa shape index (κ2) is 5.68. The minimum Gasteiger partial charge on any atom is -0.377 e. The fraction of sp³-hybridized carbons (Fsp3) is 0.667. The van der Waals surface area contributed by atoms with E-state index in [0.29, 0.717) is 6.54 Å². The van der Waals surface area contributed by atoms with Crippen LogP contribution in [0.3, 0.4) is 0 Å². The van der Waals surface area contributed by atoms with Crippen molar-refractivity contribution in [3.8, 4) is 0 Å². The molecule has 110 valence electrons. The molecule has 2 atom stereocenters. The first-order valence-electron chi connectivity index (χ1n) is 7.29. The maximum Gasteiger partial charge on any atom is 0.133 e. The van der Waals surface area contributed by atoms with Gasteiger partial charge in [-0.1, -0.05) is 0 Å². The van der Waals surface area contributed by atoms with Crippen LogP contribution in [0, 0.1) is 0 Å². The van der Waals surface area contributed by atoms with Crippen LogP contribution in [0.2, 0.25) is 0 Å². The molecule has 5 nitrogen and oxygen atoms in total. The van der Waals surface area contributed by atoms with Gasteiger partial charge in [-0.05, 0) is 30.9 Å². The predicted octanol–water partition coefficient (Wildman–Crippen LogP) is 0.879. The van der Waals surface area contributed by atoms with E-state index in [4.69, 9.17) is 20.2 Å². The standard InChI is InChI=1S/C15H23N3O2/c1-19-13-8-18(9-14(13)20-2)15-11(7-16)6-10-4-3-5-12(10)17-15/h6,13-14H,3-5,7-9,16H2,1-2H3. The highest BCUT2D eigenvalue weighted by molar-refractivity contribution is 5.52. The molecule has 1 saturated heterocycles. The zero-order valence-corrected chi connectivity index (χ0v) is 12.3. The molecule has 2 heterocycles. The normalized spacial score (nSPS) is 25.2. The lowest BCUT2D eigenvalue weighted by atomic mass is 10.1. The summed E-state index contributed by atoms with van der Waals surface area (Å²) < 4.78 is 11.0. The second-order valence-corrected chi connectivity index (χ2v) is 5.59. The van der Waals surface area contributed by atoms with Crippen molar-refractivity contribution in [1.82, 2.24) is 4.98 Å². The lowest BCUT2D eigenvalue weighted by Gasteiger charge is -2.21. The van der Waals surface area contributed by atoms with E-state index in [2.05, 4.69) is 11.0 Å². The third-order valence-corrected chi connectivity index (χ3v) is 4.45. The predicted molar refractivity (Wildman–Crippen MR) is 78.0 cm³/mol. The molecule has 1 aromatic heterocycles. The van der Waals surface area contributed by atoms with Gasteiger partial charge in [0, 0.05) is 45.1 Å². The number of methoxy groups -OCH3 is 2. The van der Waals surface area contributed by atoms with Gasteiger partial charge in [-0.15, -0.1) is 0 Å². The Morgan fingerprint density at radius 1 is 1.25 bits per heavy atom. The van der Waals surface area contributed by atoms with Crippen LogP contribution in [0.15, 0.2) is 6.07 Å². The van der Waals surface area contributed by atoms with E-state index in [1.807, 2.05) is 0 Å². The van der Waals surface area contributed by atoms with Gasteiger partial charge in [-0.3, -0.25) is 0 Å². The van der Waals surface area contributed by atoms with E-state index in [1.165, 1.54) is 17.7 Å². The van der Waals surface area contributed by atoms with E-state index >= 15 is 0 Å². The Kier molecular flexibility index (Phi) is 3.92. The summed E-state index contributed by atoms with van der Waals surface area (Å²) in [6.07, 6.45) is 3.62. The Balaban J connectivity index is 1.90. The summed E-state index contributed by atoms with van der Waals surface area (Å²) in [5.74, 6) is 1.02. The van der Waals surface area contributed by atoms with Crippen molar-refractivity contribution in [2.45, 2.75) is 38.0 Å². The van der Waals surface area contributed by atoms with Crippen LogP contribution >= 0.6 is 0 Å². The van der Waals surface area contributed by atoms with Crippen LogP contribution in [0.5, 0.6) is 0 Å². The summed E-state index contributed by atoms with van der Waals surface area (Å²) in [7, 11) is 3.47. The molecule has 1 fully saturated rings. The molecule has 0 aromatic carbocycles. The molecule has 5 heteroatoms. The Hall–Kier alpha value is -1.17. The van der Waals surface area contributed by atoms with E-state index < -0.39 is 0 Å². The number of nitrogens with two attached hydrogens (primary N) is 1. The van der Waals surface area contributed by atoms with Crippen LogP contribution in [-0.4, -0.2) is 44.5 Å². The van der Waals surface area contributed by atoms with Crippen LogP contribution < -0.4 is 10.6 Å². The number of ether oxygens (including phenoxy) is 2. The molecule has 1 aromatic rings. The first kappa shape index (κ1) is 13.8. The minimum atomic E-state index is 0.0979. The second-order valence-electron chi connectivity index (χ2n) is 5.59. The van der Waals surface area contributed by atoms with Crippen molar-refractivity contribution < 1.29 is 9.47 Å². The minimum absolute atomic E-state index is 0.0979. The van der Waals surface area contributed by atoms with Gasteiger partial charge in [0.25, 0.3) is 0 Å². The van der Waals surface area contributed by atoms with Crippen molar-refractivity contribution in [1.29, 1.82) is 0 Å². The molecular formula is C15H23N3O2. The number of pyridine rings is 1. The smallest absolute Gasteiger partial charge is 0.133 e. The number of aromatic nitrogens is 1. The van der Waals surface area contributed by atoms with Crippen molar-refractivity contribution in [3.63, 3.8) is 0 Å². The van der Waals surface area contributed by atoms with Gasteiger partial charge in [0.2, 0.25) is 0 Å². The number of nitrogens with zero attached hydrogens (tertiary/aromatic N) is 2. The average Bonchev–Trinajstić information content (AvgIpc) is 3.10. The Morgan fingerprint density at radius 2 is 1.95 bits per heavy atom. The van der Waals surface area contributed by atoms with Crippen LogP contribution in [-0.2, 0) is 28.9 Å². The van der Waals surface area contributed by atoms with Crippen molar-refractivity contribution in [2.75, 3.05) is 32.2 Å². The van der Waals surface area contributed by atoms with Crippen LogP contribution in [0.1, 0.15) is 23.2 Å². The summed E-state index contributed by atoms with van der Waals surface area (Å²) >= 11 is 0. The van der Waals surface area contributed by atoms with E-state index in [-0.39, 0.29) is 12.2 Å². The molecule has 3 rings (SSSR count). The highest BCUT2D eigenvalue weighted by atomic mass is 16.5. The first-order valence-corrected chi connectivity index (χ1v) is 7.29. The third kappa shape index (κ3) is 2.30.